The Labute approximate surface area is 178 Å². The van der Waals surface area contributed by atoms with E-state index in [0.717, 1.165) is 17.5 Å². The SMILES string of the molecule is Cc1cccnc1CN1C[C@@H]2C[C@H](NS(C)(=O)=O)CN2C(=O)[C@@H]1CNC(=O)C(C)C. The molecule has 3 rings (SSSR count). The summed E-state index contributed by atoms with van der Waals surface area (Å²) in [4.78, 5) is 33.7. The van der Waals surface area contributed by atoms with Gasteiger partial charge >= 0.3 is 0 Å². The number of rotatable bonds is 7. The average Bonchev–Trinajstić information content (AvgIpc) is 3.03. The highest BCUT2D eigenvalue weighted by Crippen LogP contribution is 2.27. The number of hydrogen-bond acceptors (Lipinski definition) is 6. The van der Waals surface area contributed by atoms with Crippen LogP contribution in [-0.4, -0.2) is 79.0 Å². The van der Waals surface area contributed by atoms with E-state index in [1.165, 1.54) is 0 Å². The Bertz CT molecular complexity index is 904. The van der Waals surface area contributed by atoms with Gasteiger partial charge in [0.1, 0.15) is 6.04 Å². The lowest BCUT2D eigenvalue weighted by molar-refractivity contribution is -0.144. The van der Waals surface area contributed by atoms with Crippen molar-refractivity contribution in [2.75, 3.05) is 25.9 Å². The molecule has 2 aliphatic heterocycles. The van der Waals surface area contributed by atoms with Gasteiger partial charge in [0.05, 0.1) is 11.9 Å². The smallest absolute Gasteiger partial charge is 0.242 e. The van der Waals surface area contributed by atoms with E-state index in [4.69, 9.17) is 0 Å². The van der Waals surface area contributed by atoms with E-state index in [1.807, 2.05) is 32.9 Å². The van der Waals surface area contributed by atoms with Crippen LogP contribution in [0.2, 0.25) is 0 Å². The predicted molar refractivity (Wildman–Crippen MR) is 113 cm³/mol. The lowest BCUT2D eigenvalue weighted by Gasteiger charge is -2.42. The molecule has 0 radical (unpaired) electrons. The molecule has 2 N–H and O–H groups in total. The summed E-state index contributed by atoms with van der Waals surface area (Å²) in [6, 6.07) is 2.98. The molecule has 3 atom stereocenters. The van der Waals surface area contributed by atoms with E-state index >= 15 is 0 Å². The molecule has 166 valence electrons. The number of aromatic nitrogens is 1. The molecule has 0 bridgehead atoms. The van der Waals surface area contributed by atoms with Crippen LogP contribution in [0.5, 0.6) is 0 Å². The molecule has 30 heavy (non-hydrogen) atoms. The molecule has 0 spiro atoms. The molecule has 2 amide bonds. The summed E-state index contributed by atoms with van der Waals surface area (Å²) in [5.74, 6) is -0.350. The first-order valence-corrected chi connectivity index (χ1v) is 12.1. The van der Waals surface area contributed by atoms with Crippen LogP contribution in [0.25, 0.3) is 0 Å². The van der Waals surface area contributed by atoms with Crippen molar-refractivity contribution in [2.45, 2.75) is 51.9 Å². The van der Waals surface area contributed by atoms with Crippen molar-refractivity contribution >= 4 is 21.8 Å². The fourth-order valence-corrected chi connectivity index (χ4v) is 4.94. The largest absolute Gasteiger partial charge is 0.354 e. The van der Waals surface area contributed by atoms with Crippen LogP contribution in [-0.2, 0) is 26.2 Å². The number of carbonyl (C=O) groups excluding carboxylic acids is 2. The molecular weight excluding hydrogens is 406 g/mol. The molecule has 3 heterocycles. The lowest BCUT2D eigenvalue weighted by Crippen LogP contribution is -2.62. The molecule has 2 aliphatic rings. The van der Waals surface area contributed by atoms with Gasteiger partial charge in [-0.05, 0) is 25.0 Å². The van der Waals surface area contributed by atoms with E-state index in [9.17, 15) is 18.0 Å². The van der Waals surface area contributed by atoms with Gasteiger partial charge in [0, 0.05) is 50.4 Å². The molecule has 2 fully saturated rings. The van der Waals surface area contributed by atoms with Crippen molar-refractivity contribution in [1.29, 1.82) is 0 Å². The zero-order valence-corrected chi connectivity index (χ0v) is 18.8. The predicted octanol–water partition coefficient (Wildman–Crippen LogP) is -0.135. The van der Waals surface area contributed by atoms with Crippen molar-refractivity contribution < 1.29 is 18.0 Å². The molecule has 0 aromatic carbocycles. The Balaban J connectivity index is 1.80. The van der Waals surface area contributed by atoms with Gasteiger partial charge in [-0.3, -0.25) is 19.5 Å². The van der Waals surface area contributed by atoms with Crippen LogP contribution in [0, 0.1) is 12.8 Å². The number of nitrogens with one attached hydrogen (secondary N) is 2. The second-order valence-corrected chi connectivity index (χ2v) is 10.4. The van der Waals surface area contributed by atoms with Gasteiger partial charge in [-0.2, -0.15) is 0 Å². The highest BCUT2D eigenvalue weighted by molar-refractivity contribution is 7.88. The van der Waals surface area contributed by atoms with Crippen molar-refractivity contribution in [2.24, 2.45) is 5.92 Å². The maximum Gasteiger partial charge on any atom is 0.242 e. The fraction of sp³-hybridized carbons (Fsp3) is 0.650. The third-order valence-electron chi connectivity index (χ3n) is 5.71. The topological polar surface area (TPSA) is 112 Å². The summed E-state index contributed by atoms with van der Waals surface area (Å²) in [6.45, 7) is 7.27. The number of amides is 2. The zero-order chi connectivity index (χ0) is 22.1. The van der Waals surface area contributed by atoms with Gasteiger partial charge in [0.15, 0.2) is 0 Å². The first kappa shape index (κ1) is 22.6. The van der Waals surface area contributed by atoms with Crippen LogP contribution in [0.15, 0.2) is 18.3 Å². The Kier molecular flexibility index (Phi) is 6.78. The summed E-state index contributed by atoms with van der Waals surface area (Å²) < 4.78 is 25.9. The minimum Gasteiger partial charge on any atom is -0.354 e. The molecule has 1 aromatic rings. The molecule has 0 unspecified atom stereocenters. The number of nitrogens with zero attached hydrogens (tertiary/aromatic N) is 3. The second kappa shape index (κ2) is 8.99. The summed E-state index contributed by atoms with van der Waals surface area (Å²) in [5, 5.41) is 2.88. The number of pyridine rings is 1. The Morgan fingerprint density at radius 3 is 2.70 bits per heavy atom. The van der Waals surface area contributed by atoms with Crippen molar-refractivity contribution in [3.8, 4) is 0 Å². The van der Waals surface area contributed by atoms with E-state index in [2.05, 4.69) is 19.9 Å². The Morgan fingerprint density at radius 1 is 1.33 bits per heavy atom. The Hall–Kier alpha value is -2.04. The van der Waals surface area contributed by atoms with E-state index in [-0.39, 0.29) is 36.4 Å². The van der Waals surface area contributed by atoms with Gasteiger partial charge in [-0.15, -0.1) is 0 Å². The number of sulfonamides is 1. The number of aryl methyl sites for hydroxylation is 1. The van der Waals surface area contributed by atoms with Crippen LogP contribution in [0.1, 0.15) is 31.5 Å². The average molecular weight is 438 g/mol. The van der Waals surface area contributed by atoms with Gasteiger partial charge in [0.2, 0.25) is 21.8 Å². The minimum absolute atomic E-state index is 0.0715. The first-order valence-electron chi connectivity index (χ1n) is 10.2. The zero-order valence-electron chi connectivity index (χ0n) is 18.0. The van der Waals surface area contributed by atoms with Crippen LogP contribution in [0.3, 0.4) is 0 Å². The number of fused-ring (bicyclic) bond motifs is 1. The number of piperazine rings is 1. The summed E-state index contributed by atoms with van der Waals surface area (Å²) in [6.07, 6.45) is 3.44. The van der Waals surface area contributed by atoms with Gasteiger partial charge < -0.3 is 10.2 Å². The van der Waals surface area contributed by atoms with Crippen LogP contribution in [0.4, 0.5) is 0 Å². The van der Waals surface area contributed by atoms with Crippen molar-refractivity contribution in [3.05, 3.63) is 29.6 Å². The third-order valence-corrected chi connectivity index (χ3v) is 6.48. The molecule has 1 aromatic heterocycles. The molecule has 2 saturated heterocycles. The fourth-order valence-electron chi connectivity index (χ4n) is 4.16. The standard InChI is InChI=1S/C20H31N5O4S/c1-13(2)19(26)22-9-18-20(27)25-10-15(23-30(4,28)29)8-16(25)11-24(18)12-17-14(3)6-5-7-21-17/h5-7,13,15-16,18,23H,8-12H2,1-4H3,(H,22,26)/t15-,16-,18-/m0/s1. The Morgan fingerprint density at radius 2 is 2.07 bits per heavy atom. The highest BCUT2D eigenvalue weighted by atomic mass is 32.2. The minimum atomic E-state index is -3.35. The monoisotopic (exact) mass is 437 g/mol. The molecule has 0 aliphatic carbocycles. The van der Waals surface area contributed by atoms with Gasteiger partial charge in [-0.1, -0.05) is 19.9 Å². The number of carbonyl (C=O) groups is 2. The normalized spacial score (nSPS) is 24.9. The maximum atomic E-state index is 13.3. The van der Waals surface area contributed by atoms with E-state index in [0.29, 0.717) is 26.1 Å². The quantitative estimate of drug-likeness (QED) is 0.614. The first-order chi connectivity index (χ1) is 14.0. The summed E-state index contributed by atoms with van der Waals surface area (Å²) in [5.41, 5.74) is 1.93. The molecule has 10 heteroatoms. The third kappa shape index (κ3) is 5.35. The second-order valence-electron chi connectivity index (χ2n) is 8.58. The molecule has 0 saturated carbocycles. The molecular formula is C20H31N5O4S. The number of hydrogen-bond donors (Lipinski definition) is 2. The highest BCUT2D eigenvalue weighted by Gasteiger charge is 2.46. The van der Waals surface area contributed by atoms with E-state index < -0.39 is 16.1 Å². The van der Waals surface area contributed by atoms with Gasteiger partial charge in [0.25, 0.3) is 0 Å². The van der Waals surface area contributed by atoms with Crippen LogP contribution < -0.4 is 10.0 Å². The lowest BCUT2D eigenvalue weighted by atomic mass is 10.0. The molecule has 9 nitrogen and oxygen atoms in total. The van der Waals surface area contributed by atoms with Crippen LogP contribution >= 0.6 is 0 Å². The van der Waals surface area contributed by atoms with Crippen molar-refractivity contribution in [1.82, 2.24) is 24.8 Å². The van der Waals surface area contributed by atoms with Crippen molar-refractivity contribution in [3.63, 3.8) is 0 Å². The maximum absolute atomic E-state index is 13.3. The van der Waals surface area contributed by atoms with Gasteiger partial charge in [-0.25, -0.2) is 13.1 Å². The van der Waals surface area contributed by atoms with E-state index in [1.54, 1.807) is 11.1 Å². The summed E-state index contributed by atoms with van der Waals surface area (Å²) >= 11 is 0. The summed E-state index contributed by atoms with van der Waals surface area (Å²) in [7, 11) is -3.35.